The number of benzene rings is 1. The van der Waals surface area contributed by atoms with Crippen molar-refractivity contribution >= 4 is 17.6 Å². The molecule has 1 atom stereocenters. The molecule has 0 saturated carbocycles. The first-order chi connectivity index (χ1) is 10.9. The highest BCUT2D eigenvalue weighted by Crippen LogP contribution is 2.42. The molecule has 2 heterocycles. The van der Waals surface area contributed by atoms with Crippen LogP contribution >= 0.6 is 0 Å². The van der Waals surface area contributed by atoms with Crippen LogP contribution in [0.1, 0.15) is 18.4 Å². The van der Waals surface area contributed by atoms with Gasteiger partial charge in [0.2, 0.25) is 5.91 Å². The van der Waals surface area contributed by atoms with Crippen molar-refractivity contribution in [3.63, 3.8) is 0 Å². The molecule has 1 aromatic carbocycles. The van der Waals surface area contributed by atoms with Gasteiger partial charge in [-0.3, -0.25) is 4.79 Å². The molecule has 1 spiro atoms. The highest BCUT2D eigenvalue weighted by Gasteiger charge is 2.49. The Morgan fingerprint density at radius 3 is 2.83 bits per heavy atom. The van der Waals surface area contributed by atoms with E-state index in [0.29, 0.717) is 31.6 Å². The fraction of sp³-hybridized carbons (Fsp3) is 0.471. The van der Waals surface area contributed by atoms with Crippen molar-refractivity contribution in [2.45, 2.75) is 12.8 Å². The van der Waals surface area contributed by atoms with E-state index in [1.807, 2.05) is 11.0 Å². The Hall–Kier alpha value is -2.55. The summed E-state index contributed by atoms with van der Waals surface area (Å²) in [6, 6.07) is 9.23. The van der Waals surface area contributed by atoms with Gasteiger partial charge in [0, 0.05) is 51.3 Å². The summed E-state index contributed by atoms with van der Waals surface area (Å²) in [6.45, 7) is 1.92. The predicted molar refractivity (Wildman–Crippen MR) is 85.8 cm³/mol. The number of carbonyl (C=O) groups excluding carboxylic acids is 2. The Labute approximate surface area is 135 Å². The Balaban J connectivity index is 1.78. The molecule has 6 heteroatoms. The van der Waals surface area contributed by atoms with Gasteiger partial charge in [0.05, 0.1) is 11.6 Å². The maximum Gasteiger partial charge on any atom is 0.319 e. The first-order valence-electron chi connectivity index (χ1n) is 7.71. The molecular formula is C17H20N4O2. The van der Waals surface area contributed by atoms with E-state index in [-0.39, 0.29) is 17.4 Å². The second-order valence-corrected chi connectivity index (χ2v) is 6.67. The van der Waals surface area contributed by atoms with E-state index in [1.165, 1.54) is 0 Å². The fourth-order valence-electron chi connectivity index (χ4n) is 3.53. The quantitative estimate of drug-likeness (QED) is 0.792. The summed E-state index contributed by atoms with van der Waals surface area (Å²) >= 11 is 0. The van der Waals surface area contributed by atoms with Crippen molar-refractivity contribution in [2.24, 2.45) is 5.41 Å². The number of nitriles is 1. The first-order valence-corrected chi connectivity index (χ1v) is 7.71. The minimum absolute atomic E-state index is 0.000693. The average Bonchev–Trinajstić information content (AvgIpc) is 3.10. The number of hydrogen-bond acceptors (Lipinski definition) is 3. The smallest absolute Gasteiger partial charge is 0.319 e. The zero-order valence-electron chi connectivity index (χ0n) is 13.5. The van der Waals surface area contributed by atoms with Crippen molar-refractivity contribution in [3.05, 3.63) is 29.8 Å². The topological polar surface area (TPSA) is 67.7 Å². The molecular weight excluding hydrogens is 292 g/mol. The second-order valence-electron chi connectivity index (χ2n) is 6.67. The first kappa shape index (κ1) is 15.3. The lowest BCUT2D eigenvalue weighted by atomic mass is 9.86. The van der Waals surface area contributed by atoms with E-state index < -0.39 is 0 Å². The number of nitrogens with zero attached hydrogens (tertiary/aromatic N) is 4. The molecule has 2 saturated heterocycles. The van der Waals surface area contributed by atoms with Gasteiger partial charge in [-0.2, -0.15) is 5.26 Å². The summed E-state index contributed by atoms with van der Waals surface area (Å²) in [5, 5.41) is 9.02. The third-order valence-corrected chi connectivity index (χ3v) is 4.70. The van der Waals surface area contributed by atoms with Crippen LogP contribution in [-0.2, 0) is 4.79 Å². The summed E-state index contributed by atoms with van der Waals surface area (Å²) in [5.41, 5.74) is 1.15. The molecule has 6 nitrogen and oxygen atoms in total. The van der Waals surface area contributed by atoms with Crippen LogP contribution in [-0.4, -0.2) is 55.5 Å². The molecule has 2 aliphatic heterocycles. The summed E-state index contributed by atoms with van der Waals surface area (Å²) in [7, 11) is 3.49. The van der Waals surface area contributed by atoms with Gasteiger partial charge in [0.1, 0.15) is 0 Å². The predicted octanol–water partition coefficient (Wildman–Crippen LogP) is 1.67. The van der Waals surface area contributed by atoms with Gasteiger partial charge in [-0.1, -0.05) is 6.07 Å². The van der Waals surface area contributed by atoms with Crippen LogP contribution in [0, 0.1) is 16.7 Å². The Morgan fingerprint density at radius 2 is 2.13 bits per heavy atom. The molecule has 0 radical (unpaired) electrons. The van der Waals surface area contributed by atoms with Gasteiger partial charge >= 0.3 is 6.03 Å². The zero-order chi connectivity index (χ0) is 16.6. The highest BCUT2D eigenvalue weighted by molar-refractivity contribution is 5.96. The summed E-state index contributed by atoms with van der Waals surface area (Å²) in [4.78, 5) is 29.7. The molecule has 2 aliphatic rings. The lowest BCUT2D eigenvalue weighted by Crippen LogP contribution is -2.39. The van der Waals surface area contributed by atoms with Crippen LogP contribution in [0.5, 0.6) is 0 Å². The largest absolute Gasteiger partial charge is 0.331 e. The number of hydrogen-bond donors (Lipinski definition) is 0. The van der Waals surface area contributed by atoms with Crippen LogP contribution in [0.25, 0.3) is 0 Å². The van der Waals surface area contributed by atoms with Gasteiger partial charge in [-0.25, -0.2) is 4.79 Å². The van der Waals surface area contributed by atoms with Crippen molar-refractivity contribution < 1.29 is 9.59 Å². The number of carbonyl (C=O) groups is 2. The van der Waals surface area contributed by atoms with E-state index in [2.05, 4.69) is 6.07 Å². The average molecular weight is 312 g/mol. The summed E-state index contributed by atoms with van der Waals surface area (Å²) in [5.74, 6) is 0.0687. The Bertz CT molecular complexity index is 694. The van der Waals surface area contributed by atoms with Crippen LogP contribution in [0.3, 0.4) is 0 Å². The van der Waals surface area contributed by atoms with E-state index in [0.717, 1.165) is 12.1 Å². The minimum Gasteiger partial charge on any atom is -0.331 e. The summed E-state index contributed by atoms with van der Waals surface area (Å²) in [6.07, 6.45) is 1.30. The molecule has 1 aromatic rings. The minimum atomic E-state index is -0.161. The van der Waals surface area contributed by atoms with Gasteiger partial charge in [-0.05, 0) is 24.6 Å². The molecule has 0 unspecified atom stereocenters. The third-order valence-electron chi connectivity index (χ3n) is 4.70. The SMILES string of the molecule is CN(C)C(=O)N1CC[C@@]2(CC(=O)N(c3cccc(C#N)c3)C2)C1. The van der Waals surface area contributed by atoms with Gasteiger partial charge in [-0.15, -0.1) is 0 Å². The standard InChI is InChI=1S/C17H20N4O2/c1-19(2)16(23)20-7-6-17(11-20)9-15(22)21(12-17)14-5-3-4-13(8-14)10-18/h3-5,8H,6-7,9,11-12H2,1-2H3/t17-/m1/s1. The number of likely N-dealkylation sites (tertiary alicyclic amines) is 1. The number of amides is 3. The lowest BCUT2D eigenvalue weighted by molar-refractivity contribution is -0.117. The summed E-state index contributed by atoms with van der Waals surface area (Å²) < 4.78 is 0. The van der Waals surface area contributed by atoms with Crippen LogP contribution in [0.4, 0.5) is 10.5 Å². The lowest BCUT2D eigenvalue weighted by Gasteiger charge is -2.25. The Kier molecular flexibility index (Phi) is 3.72. The van der Waals surface area contributed by atoms with Crippen LogP contribution in [0.2, 0.25) is 0 Å². The molecule has 120 valence electrons. The molecule has 2 fully saturated rings. The number of urea groups is 1. The highest BCUT2D eigenvalue weighted by atomic mass is 16.2. The zero-order valence-corrected chi connectivity index (χ0v) is 13.5. The molecule has 23 heavy (non-hydrogen) atoms. The molecule has 0 bridgehead atoms. The number of rotatable bonds is 1. The fourth-order valence-corrected chi connectivity index (χ4v) is 3.53. The Morgan fingerprint density at radius 1 is 1.35 bits per heavy atom. The van der Waals surface area contributed by atoms with Gasteiger partial charge in [0.15, 0.2) is 0 Å². The molecule has 3 rings (SSSR count). The molecule has 0 N–H and O–H groups in total. The normalized spacial score (nSPS) is 23.4. The van der Waals surface area contributed by atoms with Gasteiger partial charge < -0.3 is 14.7 Å². The monoisotopic (exact) mass is 312 g/mol. The van der Waals surface area contributed by atoms with E-state index in [1.54, 1.807) is 42.1 Å². The van der Waals surface area contributed by atoms with E-state index >= 15 is 0 Å². The van der Waals surface area contributed by atoms with Crippen LogP contribution < -0.4 is 4.90 Å². The molecule has 0 aromatic heterocycles. The van der Waals surface area contributed by atoms with E-state index in [9.17, 15) is 9.59 Å². The van der Waals surface area contributed by atoms with E-state index in [4.69, 9.17) is 5.26 Å². The van der Waals surface area contributed by atoms with Crippen molar-refractivity contribution in [2.75, 3.05) is 38.6 Å². The maximum absolute atomic E-state index is 12.5. The third kappa shape index (κ3) is 2.74. The van der Waals surface area contributed by atoms with Crippen molar-refractivity contribution in [1.29, 1.82) is 5.26 Å². The van der Waals surface area contributed by atoms with Crippen molar-refractivity contribution in [3.8, 4) is 6.07 Å². The molecule has 0 aliphatic carbocycles. The molecule has 3 amide bonds. The second kappa shape index (κ2) is 5.58. The van der Waals surface area contributed by atoms with Crippen molar-refractivity contribution in [1.82, 2.24) is 9.80 Å². The van der Waals surface area contributed by atoms with Gasteiger partial charge in [0.25, 0.3) is 0 Å². The number of anilines is 1. The maximum atomic E-state index is 12.5. The van der Waals surface area contributed by atoms with Crippen LogP contribution in [0.15, 0.2) is 24.3 Å².